The third kappa shape index (κ3) is 4.10. The summed E-state index contributed by atoms with van der Waals surface area (Å²) in [4.78, 5) is 19.5. The van der Waals surface area contributed by atoms with Gasteiger partial charge in [0.25, 0.3) is 0 Å². The van der Waals surface area contributed by atoms with Gasteiger partial charge in [0, 0.05) is 17.8 Å². The van der Waals surface area contributed by atoms with Crippen molar-refractivity contribution >= 4 is 17.5 Å². The van der Waals surface area contributed by atoms with Crippen LogP contribution in [0.2, 0.25) is 0 Å². The van der Waals surface area contributed by atoms with Crippen molar-refractivity contribution in [1.29, 1.82) is 0 Å². The van der Waals surface area contributed by atoms with Crippen LogP contribution in [0.15, 0.2) is 54.9 Å². The Hall–Kier alpha value is -3.55. The van der Waals surface area contributed by atoms with E-state index >= 15 is 0 Å². The van der Waals surface area contributed by atoms with Crippen LogP contribution >= 0.6 is 0 Å². The number of anilines is 2. The molecule has 2 aromatic heterocycles. The molecule has 8 heteroatoms. The maximum atomic E-state index is 13.3. The molecule has 2 heterocycles. The minimum absolute atomic E-state index is 0.279. The van der Waals surface area contributed by atoms with Gasteiger partial charge in [-0.2, -0.15) is 4.39 Å². The van der Waals surface area contributed by atoms with E-state index in [2.05, 4.69) is 20.6 Å². The van der Waals surface area contributed by atoms with Crippen molar-refractivity contribution in [3.8, 4) is 16.9 Å². The number of hydrogen-bond acceptors (Lipinski definition) is 4. The van der Waals surface area contributed by atoms with Crippen LogP contribution in [0.3, 0.4) is 0 Å². The third-order valence-corrected chi connectivity index (χ3v) is 3.46. The lowest BCUT2D eigenvalue weighted by molar-refractivity contribution is 0.262. The van der Waals surface area contributed by atoms with Gasteiger partial charge in [0.1, 0.15) is 17.4 Å². The van der Waals surface area contributed by atoms with Gasteiger partial charge in [-0.15, -0.1) is 0 Å². The Bertz CT molecular complexity index is 933. The van der Waals surface area contributed by atoms with Crippen molar-refractivity contribution < 1.29 is 18.3 Å². The lowest BCUT2D eigenvalue weighted by Gasteiger charge is -2.11. The summed E-state index contributed by atoms with van der Waals surface area (Å²) in [7, 11) is 1.45. The average Bonchev–Trinajstić information content (AvgIpc) is 2.63. The summed E-state index contributed by atoms with van der Waals surface area (Å²) in [5, 5.41) is 5.08. The zero-order valence-corrected chi connectivity index (χ0v) is 13.7. The number of hydrogen-bond donors (Lipinski definition) is 2. The number of methoxy groups -OCH3 is 1. The Morgan fingerprint density at radius 2 is 1.88 bits per heavy atom. The van der Waals surface area contributed by atoms with E-state index in [9.17, 15) is 13.6 Å². The van der Waals surface area contributed by atoms with Crippen LogP contribution in [-0.2, 0) is 0 Å². The van der Waals surface area contributed by atoms with Crippen LogP contribution < -0.4 is 15.4 Å². The standard InChI is InChI=1S/C18H14F2N4O2/c1-26-15-9-12(19)2-4-14(15)11-6-7-21-17(8-11)24-18(25)23-13-3-5-16(20)22-10-13/h2-10H,1H3,(H2,21,23,24,25). The summed E-state index contributed by atoms with van der Waals surface area (Å²) < 4.78 is 31.3. The molecule has 0 atom stereocenters. The molecule has 0 aliphatic carbocycles. The molecule has 3 aromatic rings. The molecule has 132 valence electrons. The van der Waals surface area contributed by atoms with Crippen LogP contribution in [0.4, 0.5) is 25.1 Å². The Kier molecular flexibility index (Phi) is 5.02. The Balaban J connectivity index is 1.77. The van der Waals surface area contributed by atoms with E-state index in [0.717, 1.165) is 6.07 Å². The molecule has 6 nitrogen and oxygen atoms in total. The molecule has 2 amide bonds. The fourth-order valence-corrected chi connectivity index (χ4v) is 2.30. The van der Waals surface area contributed by atoms with Crippen molar-refractivity contribution in [3.05, 3.63) is 66.6 Å². The molecular weight excluding hydrogens is 342 g/mol. The number of ether oxygens (including phenoxy) is 1. The second-order valence-corrected chi connectivity index (χ2v) is 5.22. The number of halogens is 2. The molecule has 3 rings (SSSR count). The second-order valence-electron chi connectivity index (χ2n) is 5.22. The lowest BCUT2D eigenvalue weighted by Crippen LogP contribution is -2.20. The summed E-state index contributed by atoms with van der Waals surface area (Å²) >= 11 is 0. The van der Waals surface area contributed by atoms with Gasteiger partial charge in [0.2, 0.25) is 5.95 Å². The SMILES string of the molecule is COc1cc(F)ccc1-c1ccnc(NC(=O)Nc2ccc(F)nc2)c1. The molecular formula is C18H14F2N4O2. The van der Waals surface area contributed by atoms with Crippen LogP contribution in [0.5, 0.6) is 5.75 Å². The monoisotopic (exact) mass is 356 g/mol. The van der Waals surface area contributed by atoms with E-state index in [1.807, 2.05) is 0 Å². The molecule has 0 unspecified atom stereocenters. The zero-order chi connectivity index (χ0) is 18.5. The first kappa shape index (κ1) is 17.3. The smallest absolute Gasteiger partial charge is 0.324 e. The molecule has 0 bridgehead atoms. The fraction of sp³-hybridized carbons (Fsp3) is 0.0556. The van der Waals surface area contributed by atoms with Gasteiger partial charge in [0.15, 0.2) is 0 Å². The molecule has 0 spiro atoms. The molecule has 0 aliphatic rings. The molecule has 2 N–H and O–H groups in total. The maximum absolute atomic E-state index is 13.3. The fourth-order valence-electron chi connectivity index (χ4n) is 2.30. The summed E-state index contributed by atoms with van der Waals surface area (Å²) in [5.74, 6) is -0.408. The van der Waals surface area contributed by atoms with E-state index < -0.39 is 17.8 Å². The van der Waals surface area contributed by atoms with E-state index in [-0.39, 0.29) is 5.82 Å². The largest absolute Gasteiger partial charge is 0.496 e. The number of pyridine rings is 2. The van der Waals surface area contributed by atoms with E-state index in [1.165, 1.54) is 37.7 Å². The summed E-state index contributed by atoms with van der Waals surface area (Å²) in [6, 6.07) is 9.47. The van der Waals surface area contributed by atoms with Gasteiger partial charge in [-0.1, -0.05) is 0 Å². The predicted octanol–water partition coefficient (Wildman–Crippen LogP) is 4.07. The highest BCUT2D eigenvalue weighted by atomic mass is 19.1. The third-order valence-electron chi connectivity index (χ3n) is 3.46. The molecule has 0 saturated carbocycles. The summed E-state index contributed by atoms with van der Waals surface area (Å²) in [6.07, 6.45) is 2.70. The molecule has 0 radical (unpaired) electrons. The predicted molar refractivity (Wildman–Crippen MR) is 93.0 cm³/mol. The molecule has 0 saturated heterocycles. The van der Waals surface area contributed by atoms with Crippen molar-refractivity contribution in [2.24, 2.45) is 0 Å². The maximum Gasteiger partial charge on any atom is 0.324 e. The number of amides is 2. The van der Waals surface area contributed by atoms with Gasteiger partial charge >= 0.3 is 6.03 Å². The van der Waals surface area contributed by atoms with E-state index in [4.69, 9.17) is 4.74 Å². The van der Waals surface area contributed by atoms with Crippen LogP contribution in [-0.4, -0.2) is 23.1 Å². The van der Waals surface area contributed by atoms with Crippen LogP contribution in [0.25, 0.3) is 11.1 Å². The first-order valence-corrected chi connectivity index (χ1v) is 7.54. The quantitative estimate of drug-likeness (QED) is 0.691. The first-order valence-electron chi connectivity index (χ1n) is 7.54. The second kappa shape index (κ2) is 7.56. The number of benzene rings is 1. The van der Waals surface area contributed by atoms with Crippen molar-refractivity contribution in [3.63, 3.8) is 0 Å². The normalized spacial score (nSPS) is 10.3. The number of rotatable bonds is 4. The van der Waals surface area contributed by atoms with Crippen molar-refractivity contribution in [1.82, 2.24) is 9.97 Å². The Labute approximate surface area is 147 Å². The average molecular weight is 356 g/mol. The summed E-state index contributed by atoms with van der Waals surface area (Å²) in [6.45, 7) is 0. The number of aromatic nitrogens is 2. The van der Waals surface area contributed by atoms with Crippen LogP contribution in [0.1, 0.15) is 0 Å². The Morgan fingerprint density at radius 1 is 1.04 bits per heavy atom. The summed E-state index contributed by atoms with van der Waals surface area (Å²) in [5.41, 5.74) is 1.68. The lowest BCUT2D eigenvalue weighted by atomic mass is 10.1. The topological polar surface area (TPSA) is 76.1 Å². The number of nitrogens with zero attached hydrogens (tertiary/aromatic N) is 2. The van der Waals surface area contributed by atoms with Gasteiger partial charge in [-0.05, 0) is 42.0 Å². The molecule has 26 heavy (non-hydrogen) atoms. The Morgan fingerprint density at radius 3 is 2.62 bits per heavy atom. The minimum atomic E-state index is -0.640. The molecule has 0 fully saturated rings. The van der Waals surface area contributed by atoms with Crippen molar-refractivity contribution in [2.75, 3.05) is 17.7 Å². The molecule has 0 aliphatic heterocycles. The van der Waals surface area contributed by atoms with Gasteiger partial charge in [0.05, 0.1) is 19.0 Å². The highest BCUT2D eigenvalue weighted by molar-refractivity contribution is 5.99. The number of carbonyl (C=O) groups is 1. The van der Waals surface area contributed by atoms with Gasteiger partial charge in [-0.25, -0.2) is 19.2 Å². The number of urea groups is 1. The molecule has 1 aromatic carbocycles. The zero-order valence-electron chi connectivity index (χ0n) is 13.7. The van der Waals surface area contributed by atoms with Crippen LogP contribution in [0, 0.1) is 11.8 Å². The first-order chi connectivity index (χ1) is 12.5. The van der Waals surface area contributed by atoms with Crippen molar-refractivity contribution in [2.45, 2.75) is 0 Å². The van der Waals surface area contributed by atoms with E-state index in [1.54, 1.807) is 18.2 Å². The van der Waals surface area contributed by atoms with Gasteiger partial charge in [-0.3, -0.25) is 5.32 Å². The highest BCUT2D eigenvalue weighted by Gasteiger charge is 2.10. The van der Waals surface area contributed by atoms with Gasteiger partial charge < -0.3 is 10.1 Å². The minimum Gasteiger partial charge on any atom is -0.496 e. The number of carbonyl (C=O) groups excluding carboxylic acids is 1. The number of nitrogens with one attached hydrogen (secondary N) is 2. The highest BCUT2D eigenvalue weighted by Crippen LogP contribution is 2.31. The van der Waals surface area contributed by atoms with E-state index in [0.29, 0.717) is 22.6 Å².